The second-order valence-corrected chi connectivity index (χ2v) is 10.2. The molecule has 1 aromatic carbocycles. The van der Waals surface area contributed by atoms with E-state index >= 15 is 0 Å². The maximum atomic E-state index is 12.1. The van der Waals surface area contributed by atoms with Gasteiger partial charge in [-0.15, -0.1) is 11.3 Å². The van der Waals surface area contributed by atoms with Crippen LogP contribution < -0.4 is 10.6 Å². The first-order valence-corrected chi connectivity index (χ1v) is 14.0. The number of aromatic carboxylic acids is 1. The zero-order chi connectivity index (χ0) is 29.1. The minimum absolute atomic E-state index is 0.00132. The van der Waals surface area contributed by atoms with Gasteiger partial charge in [-0.3, -0.25) is 9.88 Å². The van der Waals surface area contributed by atoms with Gasteiger partial charge in [-0.25, -0.2) is 29.5 Å². The Bertz CT molecular complexity index is 1590. The number of fused-ring (bicyclic) bond motifs is 2. The van der Waals surface area contributed by atoms with Crippen LogP contribution in [0.4, 0.5) is 10.6 Å². The van der Waals surface area contributed by atoms with Gasteiger partial charge in [-0.1, -0.05) is 36.4 Å². The standard InChI is InChI=1S/C27H27N7O7S/c1-2-28-27(37)33-23-19-24(30-12-29-23)34(13-31-19)25-21-20(40-18(41-21)9-8-15-6-4-3-5-7-15)17(39-25)11-38-10-16-22(26(35)36)42-14-32-16/h3-9,12-14,17-18,20-21,25H,2,10-11H2,1H3,(H,35,36)(H2,28,29,30,33,37)/b9-8+/t17?,18-,20?,21?,25?/m0/s1. The molecule has 4 unspecified atom stereocenters. The molecule has 5 heterocycles. The Labute approximate surface area is 243 Å². The highest BCUT2D eigenvalue weighted by atomic mass is 32.1. The fourth-order valence-corrected chi connectivity index (χ4v) is 5.46. The molecule has 2 amide bonds. The summed E-state index contributed by atoms with van der Waals surface area (Å²) < 4.78 is 26.5. The van der Waals surface area contributed by atoms with E-state index in [-0.39, 0.29) is 23.9 Å². The van der Waals surface area contributed by atoms with Gasteiger partial charge in [0.15, 0.2) is 29.5 Å². The van der Waals surface area contributed by atoms with Gasteiger partial charge < -0.3 is 29.4 Å². The van der Waals surface area contributed by atoms with Crippen molar-refractivity contribution in [3.8, 4) is 0 Å². The summed E-state index contributed by atoms with van der Waals surface area (Å²) in [6.45, 7) is 2.36. The average molecular weight is 594 g/mol. The zero-order valence-corrected chi connectivity index (χ0v) is 23.1. The lowest BCUT2D eigenvalue weighted by molar-refractivity contribution is -0.139. The van der Waals surface area contributed by atoms with Crippen LogP contribution in [0.25, 0.3) is 17.2 Å². The Kier molecular flexibility index (Phi) is 8.16. The highest BCUT2D eigenvalue weighted by molar-refractivity contribution is 7.11. The summed E-state index contributed by atoms with van der Waals surface area (Å²) >= 11 is 1.04. The third-order valence-electron chi connectivity index (χ3n) is 6.67. The number of urea groups is 1. The molecule has 0 spiro atoms. The first-order chi connectivity index (χ1) is 20.5. The number of amides is 2. The number of carboxylic acids is 1. The number of rotatable bonds is 10. The lowest BCUT2D eigenvalue weighted by atomic mass is 10.1. The summed E-state index contributed by atoms with van der Waals surface area (Å²) in [6, 6.07) is 9.37. The maximum Gasteiger partial charge on any atom is 0.347 e. The third kappa shape index (κ3) is 5.73. The number of nitrogens with zero attached hydrogens (tertiary/aromatic N) is 5. The molecule has 42 heavy (non-hydrogen) atoms. The largest absolute Gasteiger partial charge is 0.477 e. The summed E-state index contributed by atoms with van der Waals surface area (Å²) in [7, 11) is 0. The molecule has 0 bridgehead atoms. The molecule has 2 aliphatic heterocycles. The highest BCUT2D eigenvalue weighted by Gasteiger charge is 2.53. The van der Waals surface area contributed by atoms with Crippen LogP contribution in [0.2, 0.25) is 0 Å². The van der Waals surface area contributed by atoms with Gasteiger partial charge in [0.2, 0.25) is 0 Å². The van der Waals surface area contributed by atoms with Crippen LogP contribution in [0.1, 0.15) is 34.1 Å². The monoisotopic (exact) mass is 593 g/mol. The number of ether oxygens (including phenoxy) is 4. The smallest absolute Gasteiger partial charge is 0.347 e. The van der Waals surface area contributed by atoms with Crippen LogP contribution in [0.3, 0.4) is 0 Å². The minimum atomic E-state index is -1.05. The van der Waals surface area contributed by atoms with E-state index in [4.69, 9.17) is 18.9 Å². The van der Waals surface area contributed by atoms with Crippen molar-refractivity contribution < 1.29 is 33.6 Å². The summed E-state index contributed by atoms with van der Waals surface area (Å²) in [5, 5.41) is 14.7. The van der Waals surface area contributed by atoms with E-state index < -0.39 is 42.8 Å². The van der Waals surface area contributed by atoms with Crippen LogP contribution in [0.5, 0.6) is 0 Å². The number of anilines is 1. The number of benzene rings is 1. The van der Waals surface area contributed by atoms with Crippen molar-refractivity contribution in [2.24, 2.45) is 0 Å². The van der Waals surface area contributed by atoms with E-state index in [1.807, 2.05) is 49.4 Å². The molecular weight excluding hydrogens is 566 g/mol. The first kappa shape index (κ1) is 27.9. The molecule has 6 rings (SSSR count). The van der Waals surface area contributed by atoms with Crippen molar-refractivity contribution in [1.82, 2.24) is 29.8 Å². The van der Waals surface area contributed by atoms with Gasteiger partial charge >= 0.3 is 12.0 Å². The van der Waals surface area contributed by atoms with E-state index in [1.165, 1.54) is 11.8 Å². The van der Waals surface area contributed by atoms with Crippen LogP contribution >= 0.6 is 11.3 Å². The predicted molar refractivity (Wildman–Crippen MR) is 150 cm³/mol. The van der Waals surface area contributed by atoms with Gasteiger partial charge in [-0.2, -0.15) is 0 Å². The van der Waals surface area contributed by atoms with Gasteiger partial charge in [0.1, 0.15) is 29.5 Å². The Hall–Kier alpha value is -4.28. The molecule has 3 N–H and O–H groups in total. The van der Waals surface area contributed by atoms with Crippen molar-refractivity contribution in [2.75, 3.05) is 18.5 Å². The SMILES string of the molecule is CCNC(=O)Nc1ncnc2c1ncn2C1OC(COCc2ncsc2C(=O)O)C2O[C@H](/C=C/c3ccccc3)OC21. The fraction of sp³-hybridized carbons (Fsp3) is 0.333. The topological polar surface area (TPSA) is 172 Å². The summed E-state index contributed by atoms with van der Waals surface area (Å²) in [5.74, 6) is -0.798. The van der Waals surface area contributed by atoms with Crippen molar-refractivity contribution in [1.29, 1.82) is 0 Å². The normalized spacial score (nSPS) is 23.4. The van der Waals surface area contributed by atoms with E-state index in [1.54, 1.807) is 10.9 Å². The Morgan fingerprint density at radius 3 is 2.76 bits per heavy atom. The Morgan fingerprint density at radius 1 is 1.12 bits per heavy atom. The summed E-state index contributed by atoms with van der Waals surface area (Å²) in [4.78, 5) is 40.8. The lowest BCUT2D eigenvalue weighted by Gasteiger charge is -2.20. The third-order valence-corrected chi connectivity index (χ3v) is 7.53. The highest BCUT2D eigenvalue weighted by Crippen LogP contribution is 2.41. The number of hydrogen-bond acceptors (Lipinski definition) is 11. The molecule has 14 nitrogen and oxygen atoms in total. The quantitative estimate of drug-likeness (QED) is 0.247. The van der Waals surface area contributed by atoms with Crippen molar-refractivity contribution >= 4 is 46.4 Å². The molecule has 2 saturated heterocycles. The predicted octanol–water partition coefficient (Wildman–Crippen LogP) is 3.06. The molecule has 2 fully saturated rings. The second-order valence-electron chi connectivity index (χ2n) is 9.38. The van der Waals surface area contributed by atoms with Crippen LogP contribution in [0.15, 0.2) is 54.6 Å². The van der Waals surface area contributed by atoms with Crippen LogP contribution in [-0.4, -0.2) is 79.4 Å². The average Bonchev–Trinajstić information content (AvgIpc) is 3.77. The van der Waals surface area contributed by atoms with Gasteiger partial charge in [0.05, 0.1) is 30.7 Å². The first-order valence-electron chi connectivity index (χ1n) is 13.2. The number of carboxylic acid groups (broad SMARTS) is 1. The molecule has 0 aliphatic carbocycles. The molecule has 15 heteroatoms. The number of nitrogens with one attached hydrogen (secondary N) is 2. The maximum absolute atomic E-state index is 12.1. The molecule has 5 atom stereocenters. The number of hydrogen-bond donors (Lipinski definition) is 3. The van der Waals surface area contributed by atoms with Crippen molar-refractivity contribution in [3.63, 3.8) is 0 Å². The van der Waals surface area contributed by atoms with Crippen molar-refractivity contribution in [3.05, 3.63) is 70.7 Å². The van der Waals surface area contributed by atoms with Gasteiger partial charge in [-0.05, 0) is 18.6 Å². The molecule has 0 saturated carbocycles. The molecular formula is C27H27N7O7S. The van der Waals surface area contributed by atoms with E-state index in [9.17, 15) is 14.7 Å². The van der Waals surface area contributed by atoms with Gasteiger partial charge in [0, 0.05) is 6.54 Å². The van der Waals surface area contributed by atoms with E-state index in [2.05, 4.69) is 30.6 Å². The van der Waals surface area contributed by atoms with Crippen LogP contribution in [-0.2, 0) is 25.6 Å². The second kappa shape index (κ2) is 12.3. The summed E-state index contributed by atoms with van der Waals surface area (Å²) in [5.41, 5.74) is 3.63. The zero-order valence-electron chi connectivity index (χ0n) is 22.3. The van der Waals surface area contributed by atoms with Crippen molar-refractivity contribution in [2.45, 2.75) is 44.4 Å². The Morgan fingerprint density at radius 2 is 1.95 bits per heavy atom. The van der Waals surface area contributed by atoms with E-state index in [0.29, 0.717) is 23.4 Å². The fourth-order valence-electron chi connectivity index (χ4n) is 4.82. The molecule has 2 aliphatic rings. The Balaban J connectivity index is 1.23. The molecule has 4 aromatic rings. The van der Waals surface area contributed by atoms with Crippen LogP contribution in [0, 0.1) is 0 Å². The number of carbonyl (C=O) groups is 2. The number of aromatic nitrogens is 5. The van der Waals surface area contributed by atoms with Gasteiger partial charge in [0.25, 0.3) is 0 Å². The number of thiazole rings is 1. The lowest BCUT2D eigenvalue weighted by Crippen LogP contribution is -2.32. The van der Waals surface area contributed by atoms with E-state index in [0.717, 1.165) is 16.9 Å². The molecule has 3 aromatic heterocycles. The minimum Gasteiger partial charge on any atom is -0.477 e. The summed E-state index contributed by atoms with van der Waals surface area (Å²) in [6.07, 6.45) is 3.68. The number of carbonyl (C=O) groups excluding carboxylic acids is 1. The number of imidazole rings is 1. The molecule has 218 valence electrons. The molecule has 0 radical (unpaired) electrons.